The van der Waals surface area contributed by atoms with Crippen molar-refractivity contribution in [3.8, 4) is 0 Å². The molecule has 3 rings (SSSR count). The van der Waals surface area contributed by atoms with Crippen LogP contribution in [0, 0.1) is 17.8 Å². The number of hydrogen-bond donors (Lipinski definition) is 1. The molecule has 136 valence electrons. The molecule has 8 heteroatoms. The van der Waals surface area contributed by atoms with Gasteiger partial charge in [-0.05, 0) is 48.9 Å². The lowest BCUT2D eigenvalue weighted by molar-refractivity contribution is -0.142. The number of carboxylic acid groups (broad SMARTS) is 1. The molecule has 0 spiro atoms. The minimum atomic E-state index is -3.54. The van der Waals surface area contributed by atoms with E-state index in [1.54, 1.807) is 4.90 Å². The fourth-order valence-corrected chi connectivity index (χ4v) is 4.32. The van der Waals surface area contributed by atoms with Crippen molar-refractivity contribution < 1.29 is 23.1 Å². The van der Waals surface area contributed by atoms with Crippen LogP contribution >= 0.6 is 0 Å². The lowest BCUT2D eigenvalue weighted by Crippen LogP contribution is -2.30. The van der Waals surface area contributed by atoms with E-state index < -0.39 is 21.9 Å². The molecule has 1 aromatic rings. The normalized spacial score (nSPS) is 23.9. The number of amides is 1. The average molecular weight is 366 g/mol. The predicted molar refractivity (Wildman–Crippen MR) is 90.6 cm³/mol. The highest BCUT2D eigenvalue weighted by atomic mass is 32.2. The van der Waals surface area contributed by atoms with Crippen LogP contribution in [0.2, 0.25) is 0 Å². The van der Waals surface area contributed by atoms with Crippen LogP contribution in [0.15, 0.2) is 29.2 Å². The van der Waals surface area contributed by atoms with Crippen molar-refractivity contribution in [1.29, 1.82) is 0 Å². The van der Waals surface area contributed by atoms with Gasteiger partial charge in [0.05, 0.1) is 10.8 Å². The van der Waals surface area contributed by atoms with Crippen molar-refractivity contribution in [2.45, 2.75) is 17.7 Å². The molecular formula is C17H22N2O5S. The maximum atomic E-state index is 12.7. The minimum Gasteiger partial charge on any atom is -0.481 e. The zero-order valence-corrected chi connectivity index (χ0v) is 15.1. The van der Waals surface area contributed by atoms with E-state index in [1.165, 1.54) is 38.4 Å². The van der Waals surface area contributed by atoms with E-state index in [4.69, 9.17) is 0 Å². The summed E-state index contributed by atoms with van der Waals surface area (Å²) >= 11 is 0. The van der Waals surface area contributed by atoms with Crippen molar-refractivity contribution >= 4 is 21.9 Å². The maximum Gasteiger partial charge on any atom is 0.308 e. The average Bonchev–Trinajstić information content (AvgIpc) is 3.32. The van der Waals surface area contributed by atoms with Gasteiger partial charge in [-0.2, -0.15) is 0 Å². The molecule has 0 radical (unpaired) electrons. The summed E-state index contributed by atoms with van der Waals surface area (Å²) in [7, 11) is -0.645. The topological polar surface area (TPSA) is 95.0 Å². The van der Waals surface area contributed by atoms with Gasteiger partial charge in [-0.15, -0.1) is 0 Å². The molecule has 1 N–H and O–H groups in total. The molecule has 0 aromatic heterocycles. The Balaban J connectivity index is 1.76. The monoisotopic (exact) mass is 366 g/mol. The van der Waals surface area contributed by atoms with E-state index in [9.17, 15) is 23.1 Å². The number of carbonyl (C=O) groups is 2. The lowest BCUT2D eigenvalue weighted by Gasteiger charge is -2.17. The number of carbonyl (C=O) groups excluding carboxylic acids is 1. The van der Waals surface area contributed by atoms with Crippen LogP contribution in [0.25, 0.3) is 0 Å². The van der Waals surface area contributed by atoms with E-state index in [0.717, 1.165) is 17.1 Å². The van der Waals surface area contributed by atoms with Crippen LogP contribution < -0.4 is 0 Å². The zero-order chi connectivity index (χ0) is 18.4. The fourth-order valence-electron chi connectivity index (χ4n) is 3.42. The molecule has 1 heterocycles. The molecule has 25 heavy (non-hydrogen) atoms. The maximum absolute atomic E-state index is 12.7. The lowest BCUT2D eigenvalue weighted by atomic mass is 9.92. The van der Waals surface area contributed by atoms with Gasteiger partial charge in [0.2, 0.25) is 10.0 Å². The van der Waals surface area contributed by atoms with Crippen LogP contribution in [0.3, 0.4) is 0 Å². The van der Waals surface area contributed by atoms with Crippen LogP contribution in [-0.4, -0.2) is 61.8 Å². The number of nitrogens with zero attached hydrogens (tertiary/aromatic N) is 2. The van der Waals surface area contributed by atoms with Gasteiger partial charge < -0.3 is 10.0 Å². The molecule has 1 aromatic carbocycles. The SMILES string of the molecule is CN(C)S(=O)(=O)c1ccc(C(=O)N2C[C@H](C(=O)O)[C@@H](C3CC3)C2)cc1. The number of sulfonamides is 1. The Morgan fingerprint density at radius 1 is 1.12 bits per heavy atom. The van der Waals surface area contributed by atoms with Crippen LogP contribution in [0.4, 0.5) is 0 Å². The highest BCUT2D eigenvalue weighted by molar-refractivity contribution is 7.89. The summed E-state index contributed by atoms with van der Waals surface area (Å²) in [4.78, 5) is 25.8. The first kappa shape index (κ1) is 17.9. The third-order valence-electron chi connectivity index (χ3n) is 5.08. The predicted octanol–water partition coefficient (Wildman–Crippen LogP) is 1.12. The van der Waals surface area contributed by atoms with Gasteiger partial charge in [0.25, 0.3) is 5.91 Å². The highest BCUT2D eigenvalue weighted by Gasteiger charge is 2.46. The first-order valence-corrected chi connectivity index (χ1v) is 9.70. The van der Waals surface area contributed by atoms with Gasteiger partial charge in [-0.1, -0.05) is 0 Å². The first-order valence-electron chi connectivity index (χ1n) is 8.26. The Bertz CT molecular complexity index is 784. The number of hydrogen-bond acceptors (Lipinski definition) is 4. The van der Waals surface area contributed by atoms with Crippen LogP contribution in [-0.2, 0) is 14.8 Å². The molecule has 2 atom stereocenters. The zero-order valence-electron chi connectivity index (χ0n) is 14.3. The number of likely N-dealkylation sites (tertiary alicyclic amines) is 1. The Morgan fingerprint density at radius 3 is 2.20 bits per heavy atom. The highest BCUT2D eigenvalue weighted by Crippen LogP contribution is 2.44. The molecule has 2 aliphatic rings. The molecule has 1 aliphatic heterocycles. The molecule has 0 bridgehead atoms. The summed E-state index contributed by atoms with van der Waals surface area (Å²) in [5, 5.41) is 9.40. The molecule has 7 nitrogen and oxygen atoms in total. The summed E-state index contributed by atoms with van der Waals surface area (Å²) in [6.07, 6.45) is 2.07. The van der Waals surface area contributed by atoms with E-state index in [-0.39, 0.29) is 23.3 Å². The Labute approximate surface area is 147 Å². The summed E-state index contributed by atoms with van der Waals surface area (Å²) < 4.78 is 25.3. The third kappa shape index (κ3) is 3.41. The van der Waals surface area contributed by atoms with E-state index >= 15 is 0 Å². The molecule has 1 amide bonds. The molecule has 1 aliphatic carbocycles. The van der Waals surface area contributed by atoms with Gasteiger partial charge in [0.1, 0.15) is 0 Å². The fraction of sp³-hybridized carbons (Fsp3) is 0.529. The second kappa shape index (κ2) is 6.42. The Hall–Kier alpha value is -1.93. The Morgan fingerprint density at radius 2 is 1.72 bits per heavy atom. The quantitative estimate of drug-likeness (QED) is 0.843. The molecular weight excluding hydrogens is 344 g/mol. The molecule has 0 unspecified atom stereocenters. The summed E-state index contributed by atoms with van der Waals surface area (Å²) in [5.74, 6) is -1.17. The first-order chi connectivity index (χ1) is 11.7. The standard InChI is InChI=1S/C17H22N2O5S/c1-18(2)25(23,24)13-7-5-12(6-8-13)16(20)19-9-14(11-3-4-11)15(10-19)17(21)22/h5-8,11,14-15H,3-4,9-10H2,1-2H3,(H,21,22)/t14-,15+/m1/s1. The van der Waals surface area contributed by atoms with Crippen LogP contribution in [0.5, 0.6) is 0 Å². The Kier molecular flexibility index (Phi) is 4.59. The van der Waals surface area contributed by atoms with Crippen molar-refractivity contribution in [3.05, 3.63) is 29.8 Å². The van der Waals surface area contributed by atoms with Gasteiger partial charge in [0, 0.05) is 32.7 Å². The summed E-state index contributed by atoms with van der Waals surface area (Å²) in [6.45, 7) is 0.672. The molecule has 2 fully saturated rings. The number of benzene rings is 1. The number of rotatable bonds is 5. The molecule has 1 saturated heterocycles. The summed E-state index contributed by atoms with van der Waals surface area (Å²) in [6, 6.07) is 5.79. The van der Waals surface area contributed by atoms with Crippen molar-refractivity contribution in [2.75, 3.05) is 27.2 Å². The largest absolute Gasteiger partial charge is 0.481 e. The second-order valence-electron chi connectivity index (χ2n) is 6.97. The minimum absolute atomic E-state index is 0.0230. The van der Waals surface area contributed by atoms with Crippen molar-refractivity contribution in [2.24, 2.45) is 17.8 Å². The smallest absolute Gasteiger partial charge is 0.308 e. The van der Waals surface area contributed by atoms with E-state index in [0.29, 0.717) is 18.0 Å². The second-order valence-corrected chi connectivity index (χ2v) is 9.12. The summed E-state index contributed by atoms with van der Waals surface area (Å²) in [5.41, 5.74) is 0.373. The van der Waals surface area contributed by atoms with Crippen LogP contribution in [0.1, 0.15) is 23.2 Å². The number of aliphatic carboxylic acids is 1. The number of carboxylic acids is 1. The van der Waals surface area contributed by atoms with Crippen molar-refractivity contribution in [3.63, 3.8) is 0 Å². The third-order valence-corrected chi connectivity index (χ3v) is 6.91. The van der Waals surface area contributed by atoms with Gasteiger partial charge in [-0.3, -0.25) is 9.59 Å². The molecule has 1 saturated carbocycles. The van der Waals surface area contributed by atoms with Gasteiger partial charge >= 0.3 is 5.97 Å². The van der Waals surface area contributed by atoms with E-state index in [1.807, 2.05) is 0 Å². The van der Waals surface area contributed by atoms with Gasteiger partial charge in [-0.25, -0.2) is 12.7 Å². The van der Waals surface area contributed by atoms with Gasteiger partial charge in [0.15, 0.2) is 0 Å². The van der Waals surface area contributed by atoms with E-state index in [2.05, 4.69) is 0 Å². The van der Waals surface area contributed by atoms with Crippen molar-refractivity contribution in [1.82, 2.24) is 9.21 Å².